The van der Waals surface area contributed by atoms with Crippen LogP contribution in [0, 0.1) is 5.92 Å². The third-order valence-corrected chi connectivity index (χ3v) is 2.23. The third kappa shape index (κ3) is 2.19. The lowest BCUT2D eigenvalue weighted by atomic mass is 9.91. The highest BCUT2D eigenvalue weighted by Gasteiger charge is 2.29. The molecule has 0 aromatic carbocycles. The SMILES string of the molecule is CC1CC(C(O)C(=O)O)CCO1. The van der Waals surface area contributed by atoms with Crippen molar-refractivity contribution in [1.29, 1.82) is 0 Å². The van der Waals surface area contributed by atoms with Crippen molar-refractivity contribution in [2.24, 2.45) is 5.92 Å². The zero-order chi connectivity index (χ0) is 9.14. The average Bonchev–Trinajstić information content (AvgIpc) is 2.03. The summed E-state index contributed by atoms with van der Waals surface area (Å²) in [6.07, 6.45) is 0.111. The van der Waals surface area contributed by atoms with E-state index in [0.717, 1.165) is 0 Å². The van der Waals surface area contributed by atoms with Gasteiger partial charge >= 0.3 is 5.97 Å². The maximum Gasteiger partial charge on any atom is 0.332 e. The predicted molar refractivity (Wildman–Crippen MR) is 41.8 cm³/mol. The Morgan fingerprint density at radius 2 is 2.33 bits per heavy atom. The van der Waals surface area contributed by atoms with E-state index in [0.29, 0.717) is 19.4 Å². The van der Waals surface area contributed by atoms with Crippen molar-refractivity contribution >= 4 is 5.97 Å². The molecule has 0 aliphatic carbocycles. The number of aliphatic hydroxyl groups is 1. The van der Waals surface area contributed by atoms with E-state index in [4.69, 9.17) is 9.84 Å². The fraction of sp³-hybridized carbons (Fsp3) is 0.875. The van der Waals surface area contributed by atoms with E-state index in [1.165, 1.54) is 0 Å². The predicted octanol–water partition coefficient (Wildman–Crippen LogP) is 0.247. The Morgan fingerprint density at radius 3 is 2.83 bits per heavy atom. The van der Waals surface area contributed by atoms with Crippen molar-refractivity contribution in [3.8, 4) is 0 Å². The van der Waals surface area contributed by atoms with Gasteiger partial charge in [0.15, 0.2) is 6.10 Å². The van der Waals surface area contributed by atoms with Gasteiger partial charge in [-0.3, -0.25) is 0 Å². The minimum atomic E-state index is -1.23. The van der Waals surface area contributed by atoms with Crippen molar-refractivity contribution in [2.45, 2.75) is 32.0 Å². The molecule has 1 heterocycles. The number of ether oxygens (including phenoxy) is 1. The molecule has 0 aromatic heterocycles. The Morgan fingerprint density at radius 1 is 1.67 bits per heavy atom. The standard InChI is InChI=1S/C8H14O4/c1-5-4-6(2-3-12-5)7(9)8(10)11/h5-7,9H,2-4H2,1H3,(H,10,11). The maximum absolute atomic E-state index is 10.4. The molecule has 1 aliphatic rings. The van der Waals surface area contributed by atoms with Crippen molar-refractivity contribution in [3.63, 3.8) is 0 Å². The summed E-state index contributed by atoms with van der Waals surface area (Å²) in [6.45, 7) is 2.44. The third-order valence-electron chi connectivity index (χ3n) is 2.23. The molecule has 1 aliphatic heterocycles. The van der Waals surface area contributed by atoms with E-state index in [-0.39, 0.29) is 12.0 Å². The maximum atomic E-state index is 10.4. The van der Waals surface area contributed by atoms with Gasteiger partial charge in [-0.1, -0.05) is 0 Å². The van der Waals surface area contributed by atoms with Crippen molar-refractivity contribution in [2.75, 3.05) is 6.61 Å². The van der Waals surface area contributed by atoms with Crippen LogP contribution in [-0.4, -0.2) is 35.0 Å². The fourth-order valence-corrected chi connectivity index (χ4v) is 1.52. The van der Waals surface area contributed by atoms with Crippen LogP contribution in [0.4, 0.5) is 0 Å². The number of carbonyl (C=O) groups is 1. The van der Waals surface area contributed by atoms with Gasteiger partial charge in [0.25, 0.3) is 0 Å². The number of hydrogen-bond donors (Lipinski definition) is 2. The van der Waals surface area contributed by atoms with E-state index in [1.54, 1.807) is 0 Å². The number of carboxylic acid groups (broad SMARTS) is 1. The first-order chi connectivity index (χ1) is 5.61. The molecule has 4 heteroatoms. The van der Waals surface area contributed by atoms with Crippen LogP contribution in [0.5, 0.6) is 0 Å². The van der Waals surface area contributed by atoms with Gasteiger partial charge in [-0.05, 0) is 19.8 Å². The minimum Gasteiger partial charge on any atom is -0.479 e. The van der Waals surface area contributed by atoms with Crippen molar-refractivity contribution in [3.05, 3.63) is 0 Å². The Bertz CT molecular complexity index is 168. The minimum absolute atomic E-state index is 0.0674. The van der Waals surface area contributed by atoms with Gasteiger partial charge in [0.05, 0.1) is 6.10 Å². The van der Waals surface area contributed by atoms with Crippen LogP contribution in [0.1, 0.15) is 19.8 Å². The largest absolute Gasteiger partial charge is 0.479 e. The summed E-state index contributed by atoms with van der Waals surface area (Å²) in [5.74, 6) is -1.28. The highest BCUT2D eigenvalue weighted by atomic mass is 16.5. The molecule has 3 unspecified atom stereocenters. The quantitative estimate of drug-likeness (QED) is 0.629. The van der Waals surface area contributed by atoms with Crippen LogP contribution in [-0.2, 0) is 9.53 Å². The topological polar surface area (TPSA) is 66.8 Å². The lowest BCUT2D eigenvalue weighted by Crippen LogP contribution is -2.36. The zero-order valence-electron chi connectivity index (χ0n) is 7.06. The molecule has 3 atom stereocenters. The Hall–Kier alpha value is -0.610. The summed E-state index contributed by atoms with van der Waals surface area (Å²) in [5.41, 5.74) is 0. The first-order valence-electron chi connectivity index (χ1n) is 4.13. The second-order valence-electron chi connectivity index (χ2n) is 3.25. The average molecular weight is 174 g/mol. The fourth-order valence-electron chi connectivity index (χ4n) is 1.52. The van der Waals surface area contributed by atoms with Gasteiger partial charge in [0.1, 0.15) is 0 Å². The Balaban J connectivity index is 2.45. The molecule has 2 N–H and O–H groups in total. The molecule has 12 heavy (non-hydrogen) atoms. The zero-order valence-corrected chi connectivity index (χ0v) is 7.06. The summed E-state index contributed by atoms with van der Waals surface area (Å²) in [7, 11) is 0. The molecule has 0 spiro atoms. The number of rotatable bonds is 2. The molecule has 0 amide bonds. The molecule has 1 fully saturated rings. The monoisotopic (exact) mass is 174 g/mol. The van der Waals surface area contributed by atoms with Crippen LogP contribution in [0.25, 0.3) is 0 Å². The van der Waals surface area contributed by atoms with Crippen molar-refractivity contribution < 1.29 is 19.7 Å². The van der Waals surface area contributed by atoms with Crippen LogP contribution < -0.4 is 0 Å². The molecule has 1 saturated heterocycles. The number of aliphatic carboxylic acids is 1. The van der Waals surface area contributed by atoms with Crippen LogP contribution >= 0.6 is 0 Å². The van der Waals surface area contributed by atoms with Gasteiger partial charge in [-0.15, -0.1) is 0 Å². The van der Waals surface area contributed by atoms with Crippen LogP contribution in [0.2, 0.25) is 0 Å². The van der Waals surface area contributed by atoms with Crippen LogP contribution in [0.15, 0.2) is 0 Å². The Labute approximate surface area is 71.2 Å². The normalized spacial score (nSPS) is 32.8. The summed E-state index contributed by atoms with van der Waals surface area (Å²) >= 11 is 0. The van der Waals surface area contributed by atoms with Gasteiger partial charge in [0.2, 0.25) is 0 Å². The molecule has 0 bridgehead atoms. The highest BCUT2D eigenvalue weighted by molar-refractivity contribution is 5.72. The Kier molecular flexibility index (Phi) is 3.05. The van der Waals surface area contributed by atoms with E-state index in [2.05, 4.69) is 0 Å². The van der Waals surface area contributed by atoms with Crippen molar-refractivity contribution in [1.82, 2.24) is 0 Å². The molecule has 4 nitrogen and oxygen atoms in total. The second-order valence-corrected chi connectivity index (χ2v) is 3.25. The molecule has 0 saturated carbocycles. The van der Waals surface area contributed by atoms with Gasteiger partial charge in [-0.25, -0.2) is 4.79 Å². The first-order valence-corrected chi connectivity index (χ1v) is 4.13. The lowest BCUT2D eigenvalue weighted by molar-refractivity contribution is -0.152. The molecule has 1 rings (SSSR count). The lowest BCUT2D eigenvalue weighted by Gasteiger charge is -2.28. The van der Waals surface area contributed by atoms with E-state index in [1.807, 2.05) is 6.92 Å². The molecule has 70 valence electrons. The second kappa shape index (κ2) is 3.87. The highest BCUT2D eigenvalue weighted by Crippen LogP contribution is 2.23. The van der Waals surface area contributed by atoms with E-state index in [9.17, 15) is 9.90 Å². The smallest absolute Gasteiger partial charge is 0.332 e. The first kappa shape index (κ1) is 9.48. The van der Waals surface area contributed by atoms with E-state index >= 15 is 0 Å². The molecular weight excluding hydrogens is 160 g/mol. The van der Waals surface area contributed by atoms with Gasteiger partial charge in [-0.2, -0.15) is 0 Å². The molecule has 0 radical (unpaired) electrons. The van der Waals surface area contributed by atoms with Gasteiger partial charge in [0, 0.05) is 12.5 Å². The summed E-state index contributed by atoms with van der Waals surface area (Å²) in [5, 5.41) is 17.7. The van der Waals surface area contributed by atoms with E-state index < -0.39 is 12.1 Å². The van der Waals surface area contributed by atoms with Crippen LogP contribution in [0.3, 0.4) is 0 Å². The summed E-state index contributed by atoms with van der Waals surface area (Å²) in [6, 6.07) is 0. The number of hydrogen-bond acceptors (Lipinski definition) is 3. The van der Waals surface area contributed by atoms with Gasteiger partial charge < -0.3 is 14.9 Å². The summed E-state index contributed by atoms with van der Waals surface area (Å²) < 4.78 is 5.23. The molecular formula is C8H14O4. The summed E-state index contributed by atoms with van der Waals surface area (Å²) in [4.78, 5) is 10.4. The molecule has 0 aromatic rings. The number of aliphatic hydroxyl groups excluding tert-OH is 1. The number of carboxylic acids is 1.